The molecule has 0 saturated carbocycles. The highest BCUT2D eigenvalue weighted by atomic mass is 32.2. The number of pyridine rings is 1. The number of fused-ring (bicyclic) bond motifs is 1. The van der Waals surface area contributed by atoms with Crippen molar-refractivity contribution >= 4 is 20.8 Å². The topological polar surface area (TPSA) is 62.3 Å². The van der Waals surface area contributed by atoms with E-state index in [1.165, 1.54) is 0 Å². The van der Waals surface area contributed by atoms with Gasteiger partial charge in [-0.05, 0) is 30.7 Å². The van der Waals surface area contributed by atoms with E-state index in [0.29, 0.717) is 18.0 Å². The van der Waals surface area contributed by atoms with Gasteiger partial charge in [0.25, 0.3) is 0 Å². The third-order valence-corrected chi connectivity index (χ3v) is 6.75. The smallest absolute Gasteiger partial charge is 0.243 e. The van der Waals surface area contributed by atoms with Crippen molar-refractivity contribution in [3.05, 3.63) is 72.6 Å². The Balaban J connectivity index is 1.72. The Kier molecular flexibility index (Phi) is 4.72. The molecule has 1 fully saturated rings. The van der Waals surface area contributed by atoms with Gasteiger partial charge < -0.3 is 5.32 Å². The number of hydrogen-bond acceptors (Lipinski definition) is 4. The Labute approximate surface area is 153 Å². The monoisotopic (exact) mass is 367 g/mol. The van der Waals surface area contributed by atoms with E-state index in [-0.39, 0.29) is 6.04 Å². The Morgan fingerprint density at radius 3 is 2.73 bits per heavy atom. The summed E-state index contributed by atoms with van der Waals surface area (Å²) >= 11 is 0. The Morgan fingerprint density at radius 1 is 1.04 bits per heavy atom. The predicted molar refractivity (Wildman–Crippen MR) is 102 cm³/mol. The first-order chi connectivity index (χ1) is 12.7. The molecule has 1 aliphatic heterocycles. The van der Waals surface area contributed by atoms with Crippen molar-refractivity contribution < 1.29 is 8.42 Å². The highest BCUT2D eigenvalue weighted by Crippen LogP contribution is 2.27. The maximum Gasteiger partial charge on any atom is 0.243 e. The van der Waals surface area contributed by atoms with Crippen molar-refractivity contribution in [3.63, 3.8) is 0 Å². The maximum absolute atomic E-state index is 13.4. The summed E-state index contributed by atoms with van der Waals surface area (Å²) in [6.45, 7) is 1.74. The first-order valence-corrected chi connectivity index (χ1v) is 10.2. The molecule has 0 bridgehead atoms. The van der Waals surface area contributed by atoms with Crippen molar-refractivity contribution in [2.75, 3.05) is 19.6 Å². The fraction of sp³-hybridized carbons (Fsp3) is 0.250. The zero-order valence-corrected chi connectivity index (χ0v) is 15.2. The minimum absolute atomic E-state index is 0.00915. The van der Waals surface area contributed by atoms with Crippen LogP contribution < -0.4 is 5.32 Å². The molecule has 0 aliphatic carbocycles. The largest absolute Gasteiger partial charge is 0.309 e. The summed E-state index contributed by atoms with van der Waals surface area (Å²) < 4.78 is 28.4. The lowest BCUT2D eigenvalue weighted by molar-refractivity contribution is 0.398. The first-order valence-electron chi connectivity index (χ1n) is 8.77. The molecule has 1 unspecified atom stereocenters. The standard InChI is InChI=1S/C20H21N3O2S/c24-26(25,20-9-4-8-17-14-21-12-10-18(17)20)23-13-5-11-22-19(15-23)16-6-2-1-3-7-16/h1-4,6-10,12,14,19,22H,5,11,13,15H2. The second-order valence-electron chi connectivity index (χ2n) is 6.49. The van der Waals surface area contributed by atoms with Crippen LogP contribution in [0.1, 0.15) is 18.0 Å². The SMILES string of the molecule is O=S(=O)(c1cccc2cnccc12)N1CCCNC(c2ccccc2)C1. The van der Waals surface area contributed by atoms with E-state index in [0.717, 1.165) is 29.3 Å². The van der Waals surface area contributed by atoms with Crippen molar-refractivity contribution in [1.29, 1.82) is 0 Å². The van der Waals surface area contributed by atoms with Crippen LogP contribution in [0.25, 0.3) is 10.8 Å². The molecule has 3 aromatic rings. The molecule has 134 valence electrons. The van der Waals surface area contributed by atoms with Gasteiger partial charge in [0.1, 0.15) is 0 Å². The lowest BCUT2D eigenvalue weighted by Gasteiger charge is -2.25. The van der Waals surface area contributed by atoms with Gasteiger partial charge in [-0.25, -0.2) is 8.42 Å². The van der Waals surface area contributed by atoms with Crippen LogP contribution in [-0.2, 0) is 10.0 Å². The van der Waals surface area contributed by atoms with Gasteiger partial charge in [0.2, 0.25) is 10.0 Å². The second kappa shape index (κ2) is 7.15. The molecule has 1 aliphatic rings. The Morgan fingerprint density at radius 2 is 1.88 bits per heavy atom. The van der Waals surface area contributed by atoms with Crippen molar-refractivity contribution in [3.8, 4) is 0 Å². The van der Waals surface area contributed by atoms with E-state index >= 15 is 0 Å². The molecule has 0 amide bonds. The van der Waals surface area contributed by atoms with E-state index < -0.39 is 10.0 Å². The van der Waals surface area contributed by atoms with Crippen LogP contribution in [0.3, 0.4) is 0 Å². The predicted octanol–water partition coefficient (Wildman–Crippen LogP) is 2.96. The Bertz CT molecular complexity index is 1000. The van der Waals surface area contributed by atoms with E-state index in [1.807, 2.05) is 36.4 Å². The quantitative estimate of drug-likeness (QED) is 0.773. The summed E-state index contributed by atoms with van der Waals surface area (Å²) in [5.41, 5.74) is 1.11. The molecule has 0 radical (unpaired) electrons. The van der Waals surface area contributed by atoms with E-state index in [4.69, 9.17) is 0 Å². The zero-order valence-electron chi connectivity index (χ0n) is 14.4. The van der Waals surface area contributed by atoms with E-state index in [2.05, 4.69) is 10.3 Å². The minimum Gasteiger partial charge on any atom is -0.309 e. The van der Waals surface area contributed by atoms with Crippen molar-refractivity contribution in [1.82, 2.24) is 14.6 Å². The van der Waals surface area contributed by atoms with Gasteiger partial charge in [-0.3, -0.25) is 4.98 Å². The van der Waals surface area contributed by atoms with Gasteiger partial charge in [-0.15, -0.1) is 0 Å². The summed E-state index contributed by atoms with van der Waals surface area (Å²) in [7, 11) is -3.59. The molecular formula is C20H21N3O2S. The van der Waals surface area contributed by atoms with Gasteiger partial charge in [0.15, 0.2) is 0 Å². The van der Waals surface area contributed by atoms with Gasteiger partial charge in [0.05, 0.1) is 4.90 Å². The number of benzene rings is 2. The fourth-order valence-corrected chi connectivity index (χ4v) is 5.18. The first kappa shape index (κ1) is 17.1. The third kappa shape index (κ3) is 3.23. The second-order valence-corrected chi connectivity index (χ2v) is 8.39. The van der Waals surface area contributed by atoms with Crippen LogP contribution in [0.5, 0.6) is 0 Å². The van der Waals surface area contributed by atoms with E-state index in [9.17, 15) is 8.42 Å². The molecule has 2 aromatic carbocycles. The van der Waals surface area contributed by atoms with Crippen LogP contribution in [-0.4, -0.2) is 37.3 Å². The fourth-order valence-electron chi connectivity index (χ4n) is 3.47. The summed E-state index contributed by atoms with van der Waals surface area (Å²) in [4.78, 5) is 4.45. The van der Waals surface area contributed by atoms with Crippen LogP contribution in [0.2, 0.25) is 0 Å². The molecule has 2 heterocycles. The molecule has 1 aromatic heterocycles. The molecule has 1 atom stereocenters. The van der Waals surface area contributed by atoms with Crippen LogP contribution in [0.4, 0.5) is 0 Å². The molecule has 0 spiro atoms. The summed E-state index contributed by atoms with van der Waals surface area (Å²) in [5.74, 6) is 0. The summed E-state index contributed by atoms with van der Waals surface area (Å²) in [6.07, 6.45) is 4.12. The minimum atomic E-state index is -3.59. The van der Waals surface area contributed by atoms with Crippen molar-refractivity contribution in [2.45, 2.75) is 17.4 Å². The zero-order chi connectivity index (χ0) is 18.0. The maximum atomic E-state index is 13.4. The number of nitrogens with one attached hydrogen (secondary N) is 1. The van der Waals surface area contributed by atoms with Crippen LogP contribution >= 0.6 is 0 Å². The van der Waals surface area contributed by atoms with Crippen molar-refractivity contribution in [2.24, 2.45) is 0 Å². The molecule has 4 rings (SSSR count). The molecule has 1 N–H and O–H groups in total. The normalized spacial score (nSPS) is 19.3. The van der Waals surface area contributed by atoms with E-state index in [1.54, 1.807) is 34.9 Å². The summed E-state index contributed by atoms with van der Waals surface area (Å²) in [5, 5.41) is 5.03. The highest BCUT2D eigenvalue weighted by Gasteiger charge is 2.30. The molecule has 1 saturated heterocycles. The van der Waals surface area contributed by atoms with Gasteiger partial charge in [0, 0.05) is 42.3 Å². The summed E-state index contributed by atoms with van der Waals surface area (Å²) in [6, 6.07) is 17.1. The lowest BCUT2D eigenvalue weighted by atomic mass is 10.1. The number of sulfonamides is 1. The van der Waals surface area contributed by atoms with Gasteiger partial charge in [-0.1, -0.05) is 42.5 Å². The van der Waals surface area contributed by atoms with Crippen LogP contribution in [0, 0.1) is 0 Å². The highest BCUT2D eigenvalue weighted by molar-refractivity contribution is 7.89. The Hall–Kier alpha value is -2.28. The molecule has 5 nitrogen and oxygen atoms in total. The molecule has 6 heteroatoms. The van der Waals surface area contributed by atoms with Gasteiger partial charge >= 0.3 is 0 Å². The number of aromatic nitrogens is 1. The van der Waals surface area contributed by atoms with Crippen LogP contribution in [0.15, 0.2) is 71.9 Å². The number of nitrogens with zero attached hydrogens (tertiary/aromatic N) is 2. The molecular weight excluding hydrogens is 346 g/mol. The molecule has 26 heavy (non-hydrogen) atoms. The average Bonchev–Trinajstić information content (AvgIpc) is 2.95. The number of rotatable bonds is 3. The van der Waals surface area contributed by atoms with Gasteiger partial charge in [-0.2, -0.15) is 4.31 Å². The number of hydrogen-bond donors (Lipinski definition) is 1. The lowest BCUT2D eigenvalue weighted by Crippen LogP contribution is -2.36. The average molecular weight is 367 g/mol. The third-order valence-electron chi connectivity index (χ3n) is 4.82.